The SMILES string of the molecule is Cc1cnc(COc2ccc3c(c2)c(SC(C)(C)C)c(CC2(C(=O)O)CCNCC2)n3Cc2ccc(-c3ccc(C(F)(F)F)cn3)cc2)cn1. The predicted octanol–water partition coefficient (Wildman–Crippen LogP) is 8.34. The van der Waals surface area contributed by atoms with E-state index in [4.69, 9.17) is 4.74 Å². The molecule has 262 valence electrons. The van der Waals surface area contributed by atoms with Crippen molar-refractivity contribution < 1.29 is 27.8 Å². The highest BCUT2D eigenvalue weighted by Gasteiger charge is 2.42. The number of carboxylic acid groups (broad SMARTS) is 1. The molecule has 6 rings (SSSR count). The van der Waals surface area contributed by atoms with Crippen LogP contribution in [0.5, 0.6) is 5.75 Å². The number of hydrogen-bond donors (Lipinski definition) is 2. The van der Waals surface area contributed by atoms with E-state index >= 15 is 0 Å². The van der Waals surface area contributed by atoms with Gasteiger partial charge in [0.1, 0.15) is 12.4 Å². The van der Waals surface area contributed by atoms with Gasteiger partial charge in [-0.15, -0.1) is 11.8 Å². The molecule has 1 aliphatic heterocycles. The van der Waals surface area contributed by atoms with Gasteiger partial charge in [-0.25, -0.2) is 0 Å². The van der Waals surface area contributed by atoms with Gasteiger partial charge in [-0.3, -0.25) is 19.7 Å². The molecule has 1 saturated heterocycles. The number of alkyl halides is 3. The summed E-state index contributed by atoms with van der Waals surface area (Å²) in [5, 5.41) is 14.9. The molecule has 2 N–H and O–H groups in total. The smallest absolute Gasteiger partial charge is 0.417 e. The van der Waals surface area contributed by atoms with E-state index in [0.29, 0.717) is 61.6 Å². The molecule has 0 atom stereocenters. The van der Waals surface area contributed by atoms with Crippen LogP contribution in [0.15, 0.2) is 78.1 Å². The standard InChI is InChI=1S/C38H40F3N5O3S/c1-24-19-44-28(21-43-24)23-49-29-10-12-32-30(17-29)34(50-36(2,3)4)33(18-37(35(47)48)13-15-42-16-14-37)46(32)22-25-5-7-26(8-6-25)31-11-9-27(20-45-31)38(39,40)41/h5-12,17,19-21,42H,13-16,18,22-23H2,1-4H3,(H,47,48). The Morgan fingerprint density at radius 2 is 1.72 bits per heavy atom. The third-order valence-corrected chi connectivity index (χ3v) is 10.2. The van der Waals surface area contributed by atoms with Gasteiger partial charge in [0.15, 0.2) is 0 Å². The van der Waals surface area contributed by atoms with Crippen LogP contribution in [0.1, 0.15) is 61.8 Å². The Hall–Kier alpha value is -4.42. The third kappa shape index (κ3) is 7.97. The molecule has 0 spiro atoms. The number of benzene rings is 2. The highest BCUT2D eigenvalue weighted by Crippen LogP contribution is 2.46. The summed E-state index contributed by atoms with van der Waals surface area (Å²) in [5.41, 5.74) is 3.83. The fourth-order valence-electron chi connectivity index (χ4n) is 6.26. The fourth-order valence-corrected chi connectivity index (χ4v) is 7.45. The first-order chi connectivity index (χ1) is 23.7. The number of nitrogens with zero attached hydrogens (tertiary/aromatic N) is 4. The fraction of sp³-hybridized carbons (Fsp3) is 0.368. The van der Waals surface area contributed by atoms with Crippen LogP contribution in [0.4, 0.5) is 13.2 Å². The quantitative estimate of drug-likeness (QED) is 0.140. The molecule has 1 fully saturated rings. The monoisotopic (exact) mass is 703 g/mol. The Bertz CT molecular complexity index is 1960. The second kappa shape index (κ2) is 14.1. The van der Waals surface area contributed by atoms with E-state index < -0.39 is 23.1 Å². The Morgan fingerprint density at radius 1 is 0.980 bits per heavy atom. The molecule has 0 unspecified atom stereocenters. The normalized spacial score (nSPS) is 14.9. The topological polar surface area (TPSA) is 102 Å². The zero-order chi connectivity index (χ0) is 35.7. The van der Waals surface area contributed by atoms with Crippen LogP contribution in [-0.2, 0) is 30.5 Å². The first-order valence-electron chi connectivity index (χ1n) is 16.5. The van der Waals surface area contributed by atoms with E-state index in [9.17, 15) is 23.1 Å². The van der Waals surface area contributed by atoms with Crippen LogP contribution >= 0.6 is 11.8 Å². The number of rotatable bonds is 10. The molecule has 12 heteroatoms. The minimum absolute atomic E-state index is 0.178. The second-order valence-corrected chi connectivity index (χ2v) is 15.7. The molecule has 0 bridgehead atoms. The summed E-state index contributed by atoms with van der Waals surface area (Å²) >= 11 is 1.72. The largest absolute Gasteiger partial charge is 0.487 e. The number of thioether (sulfide) groups is 1. The zero-order valence-electron chi connectivity index (χ0n) is 28.5. The first-order valence-corrected chi connectivity index (χ1v) is 17.3. The van der Waals surface area contributed by atoms with Gasteiger partial charge in [0.05, 0.1) is 34.3 Å². The van der Waals surface area contributed by atoms with Crippen molar-refractivity contribution in [3.63, 3.8) is 0 Å². The molecule has 0 aliphatic carbocycles. The van der Waals surface area contributed by atoms with Crippen LogP contribution in [-0.4, -0.2) is 48.4 Å². The highest BCUT2D eigenvalue weighted by atomic mass is 32.2. The van der Waals surface area contributed by atoms with Crippen molar-refractivity contribution >= 4 is 28.6 Å². The summed E-state index contributed by atoms with van der Waals surface area (Å²) in [6.07, 6.45) is 1.20. The maximum atomic E-state index is 13.1. The van der Waals surface area contributed by atoms with Crippen molar-refractivity contribution in [2.45, 2.75) is 75.9 Å². The average Bonchev–Trinajstić information content (AvgIpc) is 3.34. The Kier molecular flexibility index (Phi) is 9.96. The van der Waals surface area contributed by atoms with Crippen molar-refractivity contribution in [1.82, 2.24) is 24.8 Å². The first kappa shape index (κ1) is 35.4. The molecule has 0 saturated carbocycles. The number of nitrogens with one attached hydrogen (secondary N) is 1. The van der Waals surface area contributed by atoms with E-state index in [1.165, 1.54) is 6.07 Å². The molecule has 3 aromatic heterocycles. The number of hydrogen-bond acceptors (Lipinski definition) is 7. The van der Waals surface area contributed by atoms with Crippen LogP contribution < -0.4 is 10.1 Å². The summed E-state index contributed by atoms with van der Waals surface area (Å²) in [7, 11) is 0. The number of aromatic nitrogens is 4. The van der Waals surface area contributed by atoms with Gasteiger partial charge >= 0.3 is 12.1 Å². The molecular weight excluding hydrogens is 664 g/mol. The number of carbonyl (C=O) groups is 1. The molecule has 8 nitrogen and oxygen atoms in total. The zero-order valence-corrected chi connectivity index (χ0v) is 29.3. The maximum Gasteiger partial charge on any atom is 0.417 e. The van der Waals surface area contributed by atoms with Gasteiger partial charge in [-0.05, 0) is 68.8 Å². The van der Waals surface area contributed by atoms with Crippen LogP contribution in [0, 0.1) is 12.3 Å². The molecule has 5 aromatic rings. The number of aliphatic carboxylic acids is 1. The Balaban J connectivity index is 1.41. The summed E-state index contributed by atoms with van der Waals surface area (Å²) in [6.45, 7) is 10.3. The number of halogens is 3. The molecule has 4 heterocycles. The van der Waals surface area contributed by atoms with Gasteiger partial charge < -0.3 is 19.7 Å². The lowest BCUT2D eigenvalue weighted by atomic mass is 9.75. The van der Waals surface area contributed by atoms with Crippen LogP contribution in [0.25, 0.3) is 22.2 Å². The predicted molar refractivity (Wildman–Crippen MR) is 188 cm³/mol. The molecule has 50 heavy (non-hydrogen) atoms. The summed E-state index contributed by atoms with van der Waals surface area (Å²) in [6, 6.07) is 16.0. The summed E-state index contributed by atoms with van der Waals surface area (Å²) < 4.78 is 47.5. The Morgan fingerprint density at radius 3 is 2.32 bits per heavy atom. The van der Waals surface area contributed by atoms with E-state index in [2.05, 4.69) is 45.6 Å². The third-order valence-electron chi connectivity index (χ3n) is 8.92. The van der Waals surface area contributed by atoms with E-state index in [-0.39, 0.29) is 11.4 Å². The lowest BCUT2D eigenvalue weighted by Crippen LogP contribution is -2.44. The number of carboxylic acids is 1. The molecule has 0 radical (unpaired) electrons. The lowest BCUT2D eigenvalue weighted by Gasteiger charge is -2.34. The molecule has 2 aromatic carbocycles. The van der Waals surface area contributed by atoms with Gasteiger partial charge in [0.2, 0.25) is 0 Å². The summed E-state index contributed by atoms with van der Waals surface area (Å²) in [4.78, 5) is 26.8. The van der Waals surface area contributed by atoms with Gasteiger partial charge in [0.25, 0.3) is 0 Å². The Labute approximate surface area is 293 Å². The number of ether oxygens (including phenoxy) is 1. The minimum atomic E-state index is -4.45. The van der Waals surface area contributed by atoms with Gasteiger partial charge in [-0.2, -0.15) is 13.2 Å². The van der Waals surface area contributed by atoms with Crippen molar-refractivity contribution in [1.29, 1.82) is 0 Å². The van der Waals surface area contributed by atoms with Crippen molar-refractivity contribution in [2.75, 3.05) is 13.1 Å². The summed E-state index contributed by atoms with van der Waals surface area (Å²) in [5.74, 6) is -0.123. The lowest BCUT2D eigenvalue weighted by molar-refractivity contribution is -0.150. The minimum Gasteiger partial charge on any atom is -0.487 e. The molecule has 1 aliphatic rings. The van der Waals surface area contributed by atoms with Gasteiger partial charge in [-0.1, -0.05) is 45.0 Å². The van der Waals surface area contributed by atoms with Crippen LogP contribution in [0.2, 0.25) is 0 Å². The van der Waals surface area contributed by atoms with Gasteiger partial charge in [0, 0.05) is 57.2 Å². The average molecular weight is 704 g/mol. The molecule has 0 amide bonds. The highest BCUT2D eigenvalue weighted by molar-refractivity contribution is 8.00. The second-order valence-electron chi connectivity index (χ2n) is 13.8. The number of aryl methyl sites for hydroxylation is 1. The maximum absolute atomic E-state index is 13.1. The van der Waals surface area contributed by atoms with Crippen molar-refractivity contribution in [3.05, 3.63) is 101 Å². The van der Waals surface area contributed by atoms with E-state index in [1.807, 2.05) is 49.4 Å². The van der Waals surface area contributed by atoms with E-state index in [1.54, 1.807) is 24.2 Å². The number of pyridine rings is 1. The van der Waals surface area contributed by atoms with E-state index in [0.717, 1.165) is 45.0 Å². The number of piperidine rings is 1. The molecular formula is C38H40F3N5O3S. The van der Waals surface area contributed by atoms with Crippen molar-refractivity contribution in [3.8, 4) is 17.0 Å². The van der Waals surface area contributed by atoms with Crippen LogP contribution in [0.3, 0.4) is 0 Å². The van der Waals surface area contributed by atoms with Crippen molar-refractivity contribution in [2.24, 2.45) is 5.41 Å². The number of fused-ring (bicyclic) bond motifs is 1.